The quantitative estimate of drug-likeness (QED) is 0.237. The van der Waals surface area contributed by atoms with Crippen LogP contribution < -0.4 is 4.72 Å². The molecule has 0 saturated heterocycles. The van der Waals surface area contributed by atoms with Crippen LogP contribution in [0.5, 0.6) is 5.75 Å². The van der Waals surface area contributed by atoms with Gasteiger partial charge in [-0.2, -0.15) is 13.2 Å². The number of phenols is 1. The molecule has 0 fully saturated rings. The molecule has 0 aliphatic rings. The van der Waals surface area contributed by atoms with E-state index in [4.69, 9.17) is 48.1 Å². The number of aliphatic carboxylic acids is 1. The van der Waals surface area contributed by atoms with Gasteiger partial charge in [0.2, 0.25) is 0 Å². The number of nitrogens with zero attached hydrogens (tertiary/aromatic N) is 1. The van der Waals surface area contributed by atoms with E-state index < -0.39 is 33.9 Å². The lowest BCUT2D eigenvalue weighted by Crippen LogP contribution is -2.33. The van der Waals surface area contributed by atoms with E-state index in [0.29, 0.717) is 13.1 Å². The molecule has 1 aromatic carbocycles. The highest BCUT2D eigenvalue weighted by Gasteiger charge is 2.38. The number of aromatic hydroxyl groups is 1. The number of benzene rings is 1. The maximum absolute atomic E-state index is 12.4. The molecule has 208 valence electrons. The lowest BCUT2D eigenvalue weighted by Gasteiger charge is -2.19. The Hall–Kier alpha value is -2.34. The molecule has 11 nitrogen and oxygen atoms in total. The Morgan fingerprint density at radius 1 is 1.08 bits per heavy atom. The Morgan fingerprint density at radius 3 is 2.08 bits per heavy atom. The highest BCUT2D eigenvalue weighted by atomic mass is 35.5. The Balaban J connectivity index is 0.000000856. The largest absolute Gasteiger partial charge is 0.507 e. The van der Waals surface area contributed by atoms with Gasteiger partial charge in [-0.3, -0.25) is 9.62 Å². The number of carboxylic acid groups (broad SMARTS) is 1. The number of carbonyl (C=O) groups excluding carboxylic acids is 1. The normalized spacial score (nSPS) is 11.6. The fourth-order valence-electron chi connectivity index (χ4n) is 2.45. The number of carbonyl (C=O) groups is 2. The second-order valence-corrected chi connectivity index (χ2v) is 10.7. The molecule has 0 unspecified atom stereocenters. The van der Waals surface area contributed by atoms with Gasteiger partial charge in [-0.05, 0) is 18.2 Å². The Bertz CT molecular complexity index is 1170. The highest BCUT2D eigenvalue weighted by molar-refractivity contribution is 7.93. The van der Waals surface area contributed by atoms with Crippen LogP contribution in [0.4, 0.5) is 18.9 Å². The van der Waals surface area contributed by atoms with Gasteiger partial charge in [0.05, 0.1) is 23.2 Å². The standard InChI is InChI=1S/C17H20Cl2N2O7S2.C2HF3O2/c18-15-10-14(16(19)29-15)30(26,27)20-11-1-2-12(13(24)9-11)17(25)28-8-5-21(3-6-22)4-7-23;3-2(4,5)1(6)7/h1-2,9-10,20,22-24H,3-8H2;(H,6,7). The van der Waals surface area contributed by atoms with E-state index in [2.05, 4.69) is 4.72 Å². The van der Waals surface area contributed by atoms with Crippen LogP contribution in [0.1, 0.15) is 10.4 Å². The van der Waals surface area contributed by atoms with Crippen molar-refractivity contribution in [1.29, 1.82) is 0 Å². The second-order valence-electron chi connectivity index (χ2n) is 6.75. The number of halogens is 5. The van der Waals surface area contributed by atoms with Crippen LogP contribution in [0.15, 0.2) is 29.2 Å². The molecule has 0 aliphatic heterocycles. The SMILES string of the molecule is O=C(O)C(F)(F)F.O=C(OCCN(CCO)CCO)c1ccc(NS(=O)(=O)c2cc(Cl)sc2Cl)cc1O. The summed E-state index contributed by atoms with van der Waals surface area (Å²) in [6, 6.07) is 4.79. The van der Waals surface area contributed by atoms with Crippen molar-refractivity contribution in [1.82, 2.24) is 4.90 Å². The second kappa shape index (κ2) is 14.6. The van der Waals surface area contributed by atoms with E-state index in [9.17, 15) is 31.5 Å². The summed E-state index contributed by atoms with van der Waals surface area (Å²) in [4.78, 5) is 22.6. The predicted molar refractivity (Wildman–Crippen MR) is 128 cm³/mol. The van der Waals surface area contributed by atoms with Crippen LogP contribution in [-0.2, 0) is 19.6 Å². The van der Waals surface area contributed by atoms with Crippen molar-refractivity contribution in [3.63, 3.8) is 0 Å². The average Bonchev–Trinajstić information content (AvgIpc) is 3.12. The molecule has 2 rings (SSSR count). The average molecular weight is 613 g/mol. The molecule has 18 heteroatoms. The smallest absolute Gasteiger partial charge is 0.490 e. The first-order valence-electron chi connectivity index (χ1n) is 9.84. The van der Waals surface area contributed by atoms with Crippen molar-refractivity contribution in [3.8, 4) is 5.75 Å². The molecule has 0 aliphatic carbocycles. The first-order valence-corrected chi connectivity index (χ1v) is 12.9. The van der Waals surface area contributed by atoms with Crippen LogP contribution in [0.3, 0.4) is 0 Å². The molecule has 37 heavy (non-hydrogen) atoms. The highest BCUT2D eigenvalue weighted by Crippen LogP contribution is 2.35. The van der Waals surface area contributed by atoms with Crippen LogP contribution >= 0.6 is 34.5 Å². The topological polar surface area (TPSA) is 174 Å². The van der Waals surface area contributed by atoms with Crippen LogP contribution in [0.2, 0.25) is 8.67 Å². The van der Waals surface area contributed by atoms with E-state index in [1.54, 1.807) is 4.90 Å². The lowest BCUT2D eigenvalue weighted by molar-refractivity contribution is -0.192. The summed E-state index contributed by atoms with van der Waals surface area (Å²) in [5.74, 6) is -4.03. The third kappa shape index (κ3) is 10.9. The number of aliphatic hydroxyl groups excluding tert-OH is 2. The minimum atomic E-state index is -5.08. The van der Waals surface area contributed by atoms with Crippen LogP contribution in [0, 0.1) is 0 Å². The minimum absolute atomic E-state index is 0.00615. The molecule has 1 heterocycles. The fourth-order valence-corrected chi connectivity index (χ4v) is 5.65. The maximum Gasteiger partial charge on any atom is 0.490 e. The summed E-state index contributed by atoms with van der Waals surface area (Å²) >= 11 is 12.6. The van der Waals surface area contributed by atoms with E-state index in [1.165, 1.54) is 18.2 Å². The third-order valence-electron chi connectivity index (χ3n) is 4.10. The van der Waals surface area contributed by atoms with Gasteiger partial charge in [0, 0.05) is 25.7 Å². The van der Waals surface area contributed by atoms with E-state index >= 15 is 0 Å². The van der Waals surface area contributed by atoms with Crippen LogP contribution in [-0.4, -0.2) is 91.3 Å². The predicted octanol–water partition coefficient (Wildman–Crippen LogP) is 2.64. The van der Waals surface area contributed by atoms with Crippen molar-refractivity contribution in [2.45, 2.75) is 11.1 Å². The van der Waals surface area contributed by atoms with E-state index in [0.717, 1.165) is 17.4 Å². The number of alkyl halides is 3. The number of sulfonamides is 1. The Labute approximate surface area is 222 Å². The number of anilines is 1. The molecular formula is C19H21Cl2F3N2O9S2. The summed E-state index contributed by atoms with van der Waals surface area (Å²) in [5, 5.41) is 35.1. The number of hydrogen-bond acceptors (Lipinski definition) is 10. The van der Waals surface area contributed by atoms with E-state index in [1.807, 2.05) is 0 Å². The van der Waals surface area contributed by atoms with Gasteiger partial charge in [0.1, 0.15) is 27.2 Å². The summed E-state index contributed by atoms with van der Waals surface area (Å²) in [7, 11) is -4.04. The van der Waals surface area contributed by atoms with Crippen LogP contribution in [0.25, 0.3) is 0 Å². The fraction of sp³-hybridized carbons (Fsp3) is 0.368. The number of carboxylic acids is 1. The number of esters is 1. The number of nitrogens with one attached hydrogen (secondary N) is 1. The maximum atomic E-state index is 12.4. The first-order chi connectivity index (χ1) is 17.1. The van der Waals surface area contributed by atoms with Crippen molar-refractivity contribution < 1.29 is 56.3 Å². The number of phenolic OH excluding ortho intramolecular Hbond substituents is 1. The van der Waals surface area contributed by atoms with Crippen molar-refractivity contribution in [2.75, 3.05) is 44.2 Å². The molecular weight excluding hydrogens is 592 g/mol. The summed E-state index contributed by atoms with van der Waals surface area (Å²) in [6.07, 6.45) is -5.08. The number of ether oxygens (including phenoxy) is 1. The lowest BCUT2D eigenvalue weighted by atomic mass is 10.2. The number of aliphatic hydroxyl groups is 2. The molecule has 2 aromatic rings. The van der Waals surface area contributed by atoms with Gasteiger partial charge in [0.25, 0.3) is 10.0 Å². The number of rotatable bonds is 11. The summed E-state index contributed by atoms with van der Waals surface area (Å²) in [6.45, 7) is 0.693. The molecule has 0 amide bonds. The minimum Gasteiger partial charge on any atom is -0.507 e. The third-order valence-corrected chi connectivity index (χ3v) is 7.23. The van der Waals surface area contributed by atoms with Gasteiger partial charge < -0.3 is 25.2 Å². The van der Waals surface area contributed by atoms with Gasteiger partial charge >= 0.3 is 18.1 Å². The molecule has 0 saturated carbocycles. The first kappa shape index (κ1) is 32.7. The zero-order chi connectivity index (χ0) is 28.4. The van der Waals surface area contributed by atoms with Crippen molar-refractivity contribution in [3.05, 3.63) is 38.5 Å². The molecule has 5 N–H and O–H groups in total. The number of hydrogen-bond donors (Lipinski definition) is 5. The molecule has 1 aromatic heterocycles. The summed E-state index contributed by atoms with van der Waals surface area (Å²) in [5.41, 5.74) is -0.134. The Kier molecular flexibility index (Phi) is 12.9. The van der Waals surface area contributed by atoms with Crippen molar-refractivity contribution in [2.24, 2.45) is 0 Å². The molecule has 0 bridgehead atoms. The van der Waals surface area contributed by atoms with Gasteiger partial charge in [0.15, 0.2) is 0 Å². The zero-order valence-electron chi connectivity index (χ0n) is 18.5. The number of thiophene rings is 1. The Morgan fingerprint density at radius 2 is 1.65 bits per heavy atom. The van der Waals surface area contributed by atoms with Gasteiger partial charge in [-0.25, -0.2) is 18.0 Å². The summed E-state index contributed by atoms with van der Waals surface area (Å²) < 4.78 is 64.1. The van der Waals surface area contributed by atoms with Gasteiger partial charge in [-0.15, -0.1) is 11.3 Å². The van der Waals surface area contributed by atoms with Gasteiger partial charge in [-0.1, -0.05) is 23.2 Å². The van der Waals surface area contributed by atoms with Crippen molar-refractivity contribution >= 4 is 62.2 Å². The monoisotopic (exact) mass is 612 g/mol. The molecule has 0 spiro atoms. The van der Waals surface area contributed by atoms with E-state index in [-0.39, 0.29) is 51.2 Å². The molecule has 0 radical (unpaired) electrons. The molecule has 0 atom stereocenters. The zero-order valence-corrected chi connectivity index (χ0v) is 21.7.